The minimum Gasteiger partial charge on any atom is -0.323 e. The lowest BCUT2D eigenvalue weighted by Crippen LogP contribution is -2.30. The zero-order valence-corrected chi connectivity index (χ0v) is 11.0. The van der Waals surface area contributed by atoms with Crippen molar-refractivity contribution in [2.45, 2.75) is 33.2 Å². The third-order valence-corrected chi connectivity index (χ3v) is 3.33. The maximum Gasteiger partial charge on any atom is 0.330 e. The number of nitrogens with one attached hydrogen (secondary N) is 2. The van der Waals surface area contributed by atoms with Gasteiger partial charge in [0.2, 0.25) is 5.28 Å². The van der Waals surface area contributed by atoms with E-state index in [0.717, 1.165) is 12.8 Å². The van der Waals surface area contributed by atoms with Crippen LogP contribution in [0.5, 0.6) is 0 Å². The average Bonchev–Trinajstić information content (AvgIpc) is 2.70. The first kappa shape index (κ1) is 12.9. The van der Waals surface area contributed by atoms with Crippen molar-refractivity contribution in [2.24, 2.45) is 5.92 Å². The number of aromatic nitrogens is 4. The fourth-order valence-corrected chi connectivity index (χ4v) is 1.95. The summed E-state index contributed by atoms with van der Waals surface area (Å²) < 4.78 is 1.45. The summed E-state index contributed by atoms with van der Waals surface area (Å²) in [5, 5.41) is 0.110. The Kier molecular flexibility index (Phi) is 3.56. The first-order chi connectivity index (χ1) is 8.52. The lowest BCUT2D eigenvalue weighted by atomic mass is 10.1. The van der Waals surface area contributed by atoms with Crippen molar-refractivity contribution in [3.05, 3.63) is 26.1 Å². The average molecular weight is 271 g/mol. The normalized spacial score (nSPS) is 13.1. The molecule has 0 spiro atoms. The zero-order valence-electron chi connectivity index (χ0n) is 10.3. The van der Waals surface area contributed by atoms with Crippen molar-refractivity contribution >= 4 is 22.8 Å². The molecular formula is C11H15ClN4O2. The smallest absolute Gasteiger partial charge is 0.323 e. The van der Waals surface area contributed by atoms with E-state index >= 15 is 0 Å². The van der Waals surface area contributed by atoms with Crippen molar-refractivity contribution in [3.8, 4) is 0 Å². The Morgan fingerprint density at radius 2 is 2.11 bits per heavy atom. The molecule has 0 fully saturated rings. The Morgan fingerprint density at radius 3 is 2.78 bits per heavy atom. The maximum atomic E-state index is 11.8. The quantitative estimate of drug-likeness (QED) is 0.826. The van der Waals surface area contributed by atoms with Gasteiger partial charge in [-0.3, -0.25) is 14.3 Å². The number of imidazole rings is 1. The Balaban J connectivity index is 2.49. The number of halogens is 1. The van der Waals surface area contributed by atoms with E-state index in [4.69, 9.17) is 11.6 Å². The molecule has 0 saturated heterocycles. The molecule has 98 valence electrons. The second kappa shape index (κ2) is 4.97. The predicted molar refractivity (Wildman–Crippen MR) is 70.1 cm³/mol. The number of H-pyrrole nitrogens is 2. The lowest BCUT2D eigenvalue weighted by molar-refractivity contribution is 0.464. The molecule has 0 aliphatic carbocycles. The second-order valence-corrected chi connectivity index (χ2v) is 4.80. The number of aryl methyl sites for hydroxylation is 1. The Hall–Kier alpha value is -1.56. The van der Waals surface area contributed by atoms with Gasteiger partial charge in [-0.1, -0.05) is 20.3 Å². The highest BCUT2D eigenvalue weighted by Crippen LogP contribution is 2.12. The third kappa shape index (κ3) is 2.33. The Bertz CT molecular complexity index is 670. The van der Waals surface area contributed by atoms with Crippen LogP contribution in [0.1, 0.15) is 26.7 Å². The highest BCUT2D eigenvalue weighted by atomic mass is 35.5. The summed E-state index contributed by atoms with van der Waals surface area (Å²) in [7, 11) is 0. The van der Waals surface area contributed by atoms with Gasteiger partial charge in [0.05, 0.1) is 0 Å². The number of rotatable bonds is 4. The van der Waals surface area contributed by atoms with Gasteiger partial charge in [-0.05, 0) is 23.9 Å². The van der Waals surface area contributed by atoms with Crippen LogP contribution in [0.4, 0.5) is 0 Å². The first-order valence-corrected chi connectivity index (χ1v) is 6.29. The highest BCUT2D eigenvalue weighted by Gasteiger charge is 2.12. The molecule has 2 aromatic rings. The molecule has 2 N–H and O–H groups in total. The number of aromatic amines is 2. The third-order valence-electron chi connectivity index (χ3n) is 3.15. The van der Waals surface area contributed by atoms with Gasteiger partial charge in [-0.15, -0.1) is 0 Å². The van der Waals surface area contributed by atoms with Gasteiger partial charge in [0.15, 0.2) is 11.2 Å². The van der Waals surface area contributed by atoms with E-state index in [1.54, 1.807) is 0 Å². The molecule has 1 atom stereocenters. The molecule has 2 aromatic heterocycles. The number of hydrogen-bond donors (Lipinski definition) is 2. The van der Waals surface area contributed by atoms with Crippen LogP contribution in [-0.2, 0) is 6.54 Å². The molecule has 1 unspecified atom stereocenters. The summed E-state index contributed by atoms with van der Waals surface area (Å²) in [5.74, 6) is 0.508. The predicted octanol–water partition coefficient (Wildman–Crippen LogP) is 1.50. The molecule has 0 radical (unpaired) electrons. The molecule has 0 amide bonds. The van der Waals surface area contributed by atoms with E-state index in [0.29, 0.717) is 18.1 Å². The standard InChI is InChI=1S/C11H15ClN4O2/c1-3-6(2)4-5-16-8-7(13-10(12)14-8)9(17)15-11(16)18/h6H,3-5H2,1-2H3,(H,13,14)(H,15,17,18). The van der Waals surface area contributed by atoms with Crippen LogP contribution in [0, 0.1) is 5.92 Å². The van der Waals surface area contributed by atoms with E-state index in [-0.39, 0.29) is 10.8 Å². The number of nitrogens with zero attached hydrogens (tertiary/aromatic N) is 2. The van der Waals surface area contributed by atoms with Gasteiger partial charge in [0.1, 0.15) is 0 Å². The second-order valence-electron chi connectivity index (χ2n) is 4.44. The molecule has 6 nitrogen and oxygen atoms in total. The first-order valence-electron chi connectivity index (χ1n) is 5.91. The van der Waals surface area contributed by atoms with Gasteiger partial charge in [0.25, 0.3) is 5.56 Å². The zero-order chi connectivity index (χ0) is 13.3. The van der Waals surface area contributed by atoms with Crippen LogP contribution < -0.4 is 11.2 Å². The fourth-order valence-electron chi connectivity index (χ4n) is 1.77. The van der Waals surface area contributed by atoms with Crippen LogP contribution in [0.25, 0.3) is 11.2 Å². The van der Waals surface area contributed by atoms with Gasteiger partial charge < -0.3 is 4.98 Å². The summed E-state index contributed by atoms with van der Waals surface area (Å²) in [6.07, 6.45) is 1.89. The molecule has 7 heteroatoms. The molecular weight excluding hydrogens is 256 g/mol. The molecule has 0 aliphatic heterocycles. The van der Waals surface area contributed by atoms with Crippen molar-refractivity contribution in [3.63, 3.8) is 0 Å². The van der Waals surface area contributed by atoms with Gasteiger partial charge in [-0.25, -0.2) is 4.79 Å². The minimum absolute atomic E-state index is 0.110. The van der Waals surface area contributed by atoms with Crippen LogP contribution in [0.3, 0.4) is 0 Å². The van der Waals surface area contributed by atoms with Crippen molar-refractivity contribution < 1.29 is 0 Å². The van der Waals surface area contributed by atoms with Crippen LogP contribution in [0.2, 0.25) is 5.28 Å². The van der Waals surface area contributed by atoms with Gasteiger partial charge in [0, 0.05) is 6.54 Å². The molecule has 0 saturated carbocycles. The van der Waals surface area contributed by atoms with E-state index in [9.17, 15) is 9.59 Å². The van der Waals surface area contributed by atoms with Gasteiger partial charge >= 0.3 is 5.69 Å². The highest BCUT2D eigenvalue weighted by molar-refractivity contribution is 6.28. The van der Waals surface area contributed by atoms with Gasteiger partial charge in [-0.2, -0.15) is 4.98 Å². The molecule has 0 aliphatic rings. The Morgan fingerprint density at radius 1 is 1.39 bits per heavy atom. The van der Waals surface area contributed by atoms with E-state index < -0.39 is 11.2 Å². The van der Waals surface area contributed by atoms with E-state index in [2.05, 4.69) is 28.8 Å². The molecule has 18 heavy (non-hydrogen) atoms. The minimum atomic E-state index is -0.491. The van der Waals surface area contributed by atoms with Crippen molar-refractivity contribution in [1.29, 1.82) is 0 Å². The fraction of sp³-hybridized carbons (Fsp3) is 0.545. The summed E-state index contributed by atoms with van der Waals surface area (Å²) >= 11 is 5.73. The Labute approximate surface area is 108 Å². The number of fused-ring (bicyclic) bond motifs is 1. The summed E-state index contributed by atoms with van der Waals surface area (Å²) in [5.41, 5.74) is -0.381. The summed E-state index contributed by atoms with van der Waals surface area (Å²) in [4.78, 5) is 32.2. The summed E-state index contributed by atoms with van der Waals surface area (Å²) in [6, 6.07) is 0. The largest absolute Gasteiger partial charge is 0.330 e. The number of hydrogen-bond acceptors (Lipinski definition) is 3. The van der Waals surface area contributed by atoms with Crippen molar-refractivity contribution in [1.82, 2.24) is 19.5 Å². The van der Waals surface area contributed by atoms with Crippen LogP contribution in [0.15, 0.2) is 9.59 Å². The van der Waals surface area contributed by atoms with Crippen molar-refractivity contribution in [2.75, 3.05) is 0 Å². The van der Waals surface area contributed by atoms with Crippen LogP contribution >= 0.6 is 11.6 Å². The molecule has 0 aromatic carbocycles. The van der Waals surface area contributed by atoms with E-state index in [1.807, 2.05) is 0 Å². The van der Waals surface area contributed by atoms with Crippen LogP contribution in [-0.4, -0.2) is 19.5 Å². The SMILES string of the molecule is CCC(C)CCn1c(=O)[nH]c(=O)c2[nH]c(Cl)nc21. The van der Waals surface area contributed by atoms with E-state index in [1.165, 1.54) is 4.57 Å². The lowest BCUT2D eigenvalue weighted by Gasteiger charge is -2.09. The molecule has 2 rings (SSSR count). The summed E-state index contributed by atoms with van der Waals surface area (Å²) in [6.45, 7) is 4.73. The molecule has 0 bridgehead atoms. The molecule has 2 heterocycles. The topological polar surface area (TPSA) is 83.5 Å². The monoisotopic (exact) mass is 270 g/mol. The maximum absolute atomic E-state index is 11.8.